The molecule has 0 saturated carbocycles. The van der Waals surface area contributed by atoms with Gasteiger partial charge in [-0.1, -0.05) is 29.4 Å². The lowest BCUT2D eigenvalue weighted by Gasteiger charge is -2.15. The number of halogens is 2. The van der Waals surface area contributed by atoms with Crippen molar-refractivity contribution in [2.75, 3.05) is 4.90 Å². The standard InChI is InChI=1S/C9H6BrClN2S/c10-5-2-1-3-6-8(5)13-4-7(11)12-9(13)14-6/h1-4,9,12H. The van der Waals surface area contributed by atoms with E-state index in [9.17, 15) is 0 Å². The Morgan fingerprint density at radius 1 is 1.50 bits per heavy atom. The molecule has 0 spiro atoms. The van der Waals surface area contributed by atoms with Gasteiger partial charge in [0.25, 0.3) is 0 Å². The number of para-hydroxylation sites is 1. The second-order valence-corrected chi connectivity index (χ2v) is 5.47. The van der Waals surface area contributed by atoms with Gasteiger partial charge < -0.3 is 10.2 Å². The van der Waals surface area contributed by atoms with Crippen LogP contribution in [0.1, 0.15) is 0 Å². The van der Waals surface area contributed by atoms with Gasteiger partial charge in [0, 0.05) is 15.6 Å². The predicted molar refractivity (Wildman–Crippen MR) is 63.3 cm³/mol. The van der Waals surface area contributed by atoms with Crippen molar-refractivity contribution in [3.8, 4) is 0 Å². The van der Waals surface area contributed by atoms with E-state index in [2.05, 4.69) is 32.2 Å². The van der Waals surface area contributed by atoms with E-state index in [-0.39, 0.29) is 5.50 Å². The van der Waals surface area contributed by atoms with Crippen molar-refractivity contribution in [2.45, 2.75) is 10.4 Å². The van der Waals surface area contributed by atoms with Gasteiger partial charge in [0.05, 0.1) is 5.69 Å². The van der Waals surface area contributed by atoms with E-state index in [0.29, 0.717) is 5.16 Å². The molecule has 72 valence electrons. The average Bonchev–Trinajstić information content (AvgIpc) is 2.60. The van der Waals surface area contributed by atoms with Crippen LogP contribution in [0.25, 0.3) is 0 Å². The van der Waals surface area contributed by atoms with E-state index < -0.39 is 0 Å². The van der Waals surface area contributed by atoms with E-state index in [0.717, 1.165) is 4.47 Å². The Hall–Kier alpha value is -0.320. The molecule has 5 heteroatoms. The molecule has 3 rings (SSSR count). The molecular formula is C9H6BrClN2S. The third kappa shape index (κ3) is 1.17. The number of hydrogen-bond donors (Lipinski definition) is 1. The molecule has 0 bridgehead atoms. The third-order valence-corrected chi connectivity index (χ3v) is 4.21. The van der Waals surface area contributed by atoms with Gasteiger partial charge in [-0.15, -0.1) is 0 Å². The Morgan fingerprint density at radius 3 is 3.21 bits per heavy atom. The minimum absolute atomic E-state index is 0.219. The van der Waals surface area contributed by atoms with Crippen LogP contribution in [-0.4, -0.2) is 5.50 Å². The summed E-state index contributed by atoms with van der Waals surface area (Å²) < 4.78 is 1.11. The first-order chi connectivity index (χ1) is 6.75. The number of benzene rings is 1. The highest BCUT2D eigenvalue weighted by Gasteiger charge is 2.34. The second-order valence-electron chi connectivity index (χ2n) is 3.09. The molecule has 1 atom stereocenters. The summed E-state index contributed by atoms with van der Waals surface area (Å²) >= 11 is 11.2. The van der Waals surface area contributed by atoms with E-state index in [1.165, 1.54) is 10.6 Å². The normalized spacial score (nSPS) is 22.9. The van der Waals surface area contributed by atoms with E-state index >= 15 is 0 Å². The van der Waals surface area contributed by atoms with Gasteiger partial charge >= 0.3 is 0 Å². The quantitative estimate of drug-likeness (QED) is 0.738. The zero-order valence-corrected chi connectivity index (χ0v) is 10.2. The predicted octanol–water partition coefficient (Wildman–Crippen LogP) is 3.29. The maximum Gasteiger partial charge on any atom is 0.157 e. The first-order valence-corrected chi connectivity index (χ1v) is 6.18. The summed E-state index contributed by atoms with van der Waals surface area (Å²) in [6.07, 6.45) is 1.93. The lowest BCUT2D eigenvalue weighted by atomic mass is 10.3. The van der Waals surface area contributed by atoms with Crippen molar-refractivity contribution in [1.29, 1.82) is 0 Å². The molecule has 0 aliphatic carbocycles. The minimum atomic E-state index is 0.219. The fraction of sp³-hybridized carbons (Fsp3) is 0.111. The van der Waals surface area contributed by atoms with Gasteiger partial charge in [-0.2, -0.15) is 0 Å². The van der Waals surface area contributed by atoms with Crippen LogP contribution in [0.3, 0.4) is 0 Å². The number of anilines is 1. The molecule has 2 heterocycles. The van der Waals surface area contributed by atoms with E-state index in [1.54, 1.807) is 11.8 Å². The number of hydrogen-bond acceptors (Lipinski definition) is 3. The van der Waals surface area contributed by atoms with Crippen LogP contribution in [0.15, 0.2) is 38.9 Å². The summed E-state index contributed by atoms with van der Waals surface area (Å²) in [7, 11) is 0. The van der Waals surface area contributed by atoms with Crippen LogP contribution in [0, 0.1) is 0 Å². The summed E-state index contributed by atoms with van der Waals surface area (Å²) in [5, 5.41) is 3.88. The number of rotatable bonds is 0. The maximum absolute atomic E-state index is 5.91. The first-order valence-electron chi connectivity index (χ1n) is 4.13. The van der Waals surface area contributed by atoms with Crippen LogP contribution in [-0.2, 0) is 0 Å². The fourth-order valence-corrected chi connectivity index (χ4v) is 3.81. The summed E-state index contributed by atoms with van der Waals surface area (Å²) in [5.74, 6) is 0. The highest BCUT2D eigenvalue weighted by atomic mass is 79.9. The largest absolute Gasteiger partial charge is 0.346 e. The number of thioether (sulfide) groups is 1. The molecule has 1 N–H and O–H groups in total. The molecule has 0 amide bonds. The Labute approximate surface area is 99.4 Å². The summed E-state index contributed by atoms with van der Waals surface area (Å²) in [6, 6.07) is 6.21. The highest BCUT2D eigenvalue weighted by molar-refractivity contribution is 9.10. The Morgan fingerprint density at radius 2 is 2.36 bits per heavy atom. The lowest BCUT2D eigenvalue weighted by Crippen LogP contribution is -2.28. The number of nitrogens with zero attached hydrogens (tertiary/aromatic N) is 1. The molecule has 1 unspecified atom stereocenters. The van der Waals surface area contributed by atoms with Crippen LogP contribution >= 0.6 is 39.3 Å². The average molecular weight is 290 g/mol. The van der Waals surface area contributed by atoms with Gasteiger partial charge in [-0.25, -0.2) is 0 Å². The fourth-order valence-electron chi connectivity index (χ4n) is 1.64. The third-order valence-electron chi connectivity index (χ3n) is 2.21. The van der Waals surface area contributed by atoms with Gasteiger partial charge in [0.1, 0.15) is 5.16 Å². The second kappa shape index (κ2) is 3.08. The summed E-state index contributed by atoms with van der Waals surface area (Å²) in [4.78, 5) is 3.42. The van der Waals surface area contributed by atoms with Crippen molar-refractivity contribution < 1.29 is 0 Å². The van der Waals surface area contributed by atoms with Crippen LogP contribution in [0.4, 0.5) is 5.69 Å². The molecule has 1 aromatic carbocycles. The summed E-state index contributed by atoms with van der Waals surface area (Å²) in [6.45, 7) is 0. The summed E-state index contributed by atoms with van der Waals surface area (Å²) in [5.41, 5.74) is 1.42. The molecule has 0 fully saturated rings. The molecule has 2 aliphatic heterocycles. The number of fused-ring (bicyclic) bond motifs is 3. The van der Waals surface area contributed by atoms with Gasteiger partial charge in [0.2, 0.25) is 0 Å². The molecule has 14 heavy (non-hydrogen) atoms. The van der Waals surface area contributed by atoms with Gasteiger partial charge in [0.15, 0.2) is 5.50 Å². The lowest BCUT2D eigenvalue weighted by molar-refractivity contribution is 0.840. The Kier molecular flexibility index (Phi) is 1.97. The van der Waals surface area contributed by atoms with Crippen molar-refractivity contribution in [2.24, 2.45) is 0 Å². The monoisotopic (exact) mass is 288 g/mol. The van der Waals surface area contributed by atoms with Gasteiger partial charge in [-0.05, 0) is 28.1 Å². The van der Waals surface area contributed by atoms with Crippen LogP contribution in [0.2, 0.25) is 0 Å². The van der Waals surface area contributed by atoms with Crippen molar-refractivity contribution in [3.63, 3.8) is 0 Å². The molecule has 0 saturated heterocycles. The number of nitrogens with one attached hydrogen (secondary N) is 1. The minimum Gasteiger partial charge on any atom is -0.346 e. The van der Waals surface area contributed by atoms with Crippen LogP contribution in [0.5, 0.6) is 0 Å². The van der Waals surface area contributed by atoms with Crippen molar-refractivity contribution in [1.82, 2.24) is 5.32 Å². The Bertz CT molecular complexity index is 435. The highest BCUT2D eigenvalue weighted by Crippen LogP contribution is 2.48. The molecule has 2 nitrogen and oxygen atoms in total. The van der Waals surface area contributed by atoms with E-state index in [1.807, 2.05) is 18.3 Å². The smallest absolute Gasteiger partial charge is 0.157 e. The zero-order valence-electron chi connectivity index (χ0n) is 7.00. The molecule has 1 aromatic rings. The molecular weight excluding hydrogens is 284 g/mol. The van der Waals surface area contributed by atoms with Crippen LogP contribution < -0.4 is 10.2 Å². The Balaban J connectivity index is 2.15. The maximum atomic E-state index is 5.91. The van der Waals surface area contributed by atoms with Gasteiger partial charge in [-0.3, -0.25) is 0 Å². The zero-order chi connectivity index (χ0) is 9.71. The first kappa shape index (κ1) is 8.95. The topological polar surface area (TPSA) is 15.3 Å². The molecule has 0 aromatic heterocycles. The van der Waals surface area contributed by atoms with Crippen molar-refractivity contribution in [3.05, 3.63) is 34.0 Å². The van der Waals surface area contributed by atoms with E-state index in [4.69, 9.17) is 11.6 Å². The van der Waals surface area contributed by atoms with Crippen molar-refractivity contribution >= 4 is 45.0 Å². The SMILES string of the molecule is ClC1=CN2c3c(Br)cccc3SC2N1. The molecule has 0 radical (unpaired) electrons. The molecule has 2 aliphatic rings.